The summed E-state index contributed by atoms with van der Waals surface area (Å²) in [6.45, 7) is 12.7. The van der Waals surface area contributed by atoms with Gasteiger partial charge in [-0.3, -0.25) is 4.79 Å². The number of Topliss-reactive ketones (excluding diaryl/α,β-unsaturated/α-hetero) is 2. The van der Waals surface area contributed by atoms with E-state index in [0.717, 1.165) is 29.5 Å². The Kier molecular flexibility index (Phi) is 22.9. The minimum atomic E-state index is -0.701. The van der Waals surface area contributed by atoms with Gasteiger partial charge >= 0.3 is 250 Å². The number of benzene rings is 5. The second kappa shape index (κ2) is 29.2. The molecule has 5 aromatic carbocycles. The van der Waals surface area contributed by atoms with Gasteiger partial charge in [0.1, 0.15) is 17.6 Å². The number of ether oxygens (including phenoxy) is 12. The molecule has 0 aromatic heterocycles. The molecule has 75 heavy (non-hydrogen) atoms. The van der Waals surface area contributed by atoms with Gasteiger partial charge in [-0.2, -0.15) is 0 Å². The third kappa shape index (κ3) is 18.1. The molecule has 404 valence electrons. The van der Waals surface area contributed by atoms with Gasteiger partial charge in [0.05, 0.1) is 32.0 Å². The Morgan fingerprint density at radius 2 is 1.07 bits per heavy atom. The SMILES string of the molecule is COCOc1cc(OC)cc(/C=C/C[C@@H]2OC(C)(C)O[C@@H]2COCc2ccccc2)c1C(C)=O.COCOc1cc(OC)cc(C(CC[C@@H]2OC(C)(C)O[C@@H]2COCc2ccccc2)[Se]c2ccccc2)c1C(C)=O. The molecule has 15 heteroatoms. The normalized spacial score (nSPS) is 19.0. The average molecular weight is 1100 g/mol. The molecule has 2 heterocycles. The second-order valence-electron chi connectivity index (χ2n) is 19.0. The average Bonchev–Trinajstić information content (AvgIpc) is 3.87. The molecule has 0 amide bonds. The molecule has 0 radical (unpaired) electrons. The molecule has 14 nitrogen and oxygen atoms in total. The summed E-state index contributed by atoms with van der Waals surface area (Å²) in [5.41, 5.74) is 4.89. The van der Waals surface area contributed by atoms with Crippen LogP contribution in [0.5, 0.6) is 23.0 Å². The fourth-order valence-electron chi connectivity index (χ4n) is 8.93. The van der Waals surface area contributed by atoms with Crippen molar-refractivity contribution in [1.82, 2.24) is 0 Å². The van der Waals surface area contributed by atoms with Gasteiger partial charge in [0.15, 0.2) is 18.4 Å². The van der Waals surface area contributed by atoms with Crippen molar-refractivity contribution in [3.8, 4) is 23.0 Å². The summed E-state index contributed by atoms with van der Waals surface area (Å²) in [5.74, 6) is 0.550. The molecular formula is C60H74O14Se. The zero-order chi connectivity index (χ0) is 53.8. The van der Waals surface area contributed by atoms with Crippen molar-refractivity contribution in [3.63, 3.8) is 0 Å². The third-order valence-corrected chi connectivity index (χ3v) is 14.9. The summed E-state index contributed by atoms with van der Waals surface area (Å²) in [4.78, 5) is 25.5. The standard InChI is InChI=1S/C33H40O7Se.C27H34O7/c1-23(34)32-27(18-25(36-5)19-29(32)38-22-35-4)31(41-26-14-10-7-11-15-26)17-16-28-30(40-33(2,3)39-28)21-37-20-24-12-8-6-9-13-24;1-19(28)26-21(14-22(30-5)15-24(26)32-18-29-4)12-9-13-23-25(34-27(2,3)33-23)17-31-16-20-10-7-6-8-11-20/h6-15,18-19,28,30-31H,16-17,20-22H2,1-5H3;6-12,14-15,23,25H,13,16-18H2,1-5H3/b;12-9+/t28-,30+,31?;23-,25+/m00/s1. The van der Waals surface area contributed by atoms with Crippen LogP contribution in [0.4, 0.5) is 0 Å². The first kappa shape index (κ1) is 58.8. The molecule has 1 unspecified atom stereocenters. The summed E-state index contributed by atoms with van der Waals surface area (Å²) in [6, 6.07) is 37.8. The number of ketones is 2. The topological polar surface area (TPSA) is 145 Å². The van der Waals surface area contributed by atoms with Crippen LogP contribution in [-0.2, 0) is 51.1 Å². The van der Waals surface area contributed by atoms with Crippen molar-refractivity contribution < 1.29 is 66.4 Å². The van der Waals surface area contributed by atoms with Crippen LogP contribution in [0.3, 0.4) is 0 Å². The molecule has 7 rings (SSSR count). The van der Waals surface area contributed by atoms with Crippen molar-refractivity contribution in [1.29, 1.82) is 0 Å². The Balaban J connectivity index is 0.000000248. The van der Waals surface area contributed by atoms with E-state index in [-0.39, 0.29) is 69.3 Å². The number of carbonyl (C=O) groups excluding carboxylic acids is 2. The van der Waals surface area contributed by atoms with E-state index >= 15 is 0 Å². The van der Waals surface area contributed by atoms with Gasteiger partial charge in [0, 0.05) is 13.2 Å². The predicted molar refractivity (Wildman–Crippen MR) is 288 cm³/mol. The molecule has 2 aliphatic heterocycles. The number of rotatable bonds is 27. The first-order valence-electron chi connectivity index (χ1n) is 25.1. The fraction of sp³-hybridized carbons (Fsp3) is 0.433. The van der Waals surface area contributed by atoms with E-state index in [1.165, 1.54) is 18.5 Å². The van der Waals surface area contributed by atoms with E-state index in [9.17, 15) is 9.59 Å². The van der Waals surface area contributed by atoms with Crippen LogP contribution in [-0.4, -0.2) is 118 Å². The summed E-state index contributed by atoms with van der Waals surface area (Å²) in [5, 5.41) is 0. The molecule has 2 fully saturated rings. The van der Waals surface area contributed by atoms with E-state index < -0.39 is 11.6 Å². The van der Waals surface area contributed by atoms with Crippen LogP contribution >= 0.6 is 0 Å². The molecule has 2 aliphatic rings. The zero-order valence-corrected chi connectivity index (χ0v) is 46.7. The summed E-state index contributed by atoms with van der Waals surface area (Å²) < 4.78 is 70.7. The monoisotopic (exact) mass is 1100 g/mol. The van der Waals surface area contributed by atoms with Crippen LogP contribution in [0, 0.1) is 0 Å². The van der Waals surface area contributed by atoms with Gasteiger partial charge < -0.3 is 28.4 Å². The van der Waals surface area contributed by atoms with E-state index in [2.05, 4.69) is 36.4 Å². The number of carbonyl (C=O) groups is 2. The number of hydrogen-bond acceptors (Lipinski definition) is 14. The van der Waals surface area contributed by atoms with Gasteiger partial charge in [-0.1, -0.05) is 42.5 Å². The van der Waals surface area contributed by atoms with Crippen molar-refractivity contribution in [2.24, 2.45) is 0 Å². The molecule has 5 atom stereocenters. The zero-order valence-electron chi connectivity index (χ0n) is 45.0. The van der Waals surface area contributed by atoms with Gasteiger partial charge in [-0.05, 0) is 44.4 Å². The number of hydrogen-bond donors (Lipinski definition) is 0. The molecule has 5 aromatic rings. The fourth-order valence-corrected chi connectivity index (χ4v) is 11.5. The minimum absolute atomic E-state index is 0.0185. The van der Waals surface area contributed by atoms with Crippen LogP contribution < -0.4 is 23.4 Å². The van der Waals surface area contributed by atoms with Gasteiger partial charge in [-0.15, -0.1) is 0 Å². The van der Waals surface area contributed by atoms with Crippen LogP contribution in [0.15, 0.2) is 121 Å². The molecule has 2 saturated heterocycles. The van der Waals surface area contributed by atoms with Crippen LogP contribution in [0.1, 0.15) is 109 Å². The quantitative estimate of drug-likeness (QED) is 0.0279. The number of methoxy groups -OCH3 is 4. The van der Waals surface area contributed by atoms with Gasteiger partial charge in [-0.25, -0.2) is 0 Å². The molecule has 0 saturated carbocycles. The van der Waals surface area contributed by atoms with Gasteiger partial charge in [0.2, 0.25) is 0 Å². The van der Waals surface area contributed by atoms with Crippen LogP contribution in [0.25, 0.3) is 6.08 Å². The molecule has 0 aliphatic carbocycles. The Hall–Kier alpha value is -5.42. The van der Waals surface area contributed by atoms with E-state index in [4.69, 9.17) is 56.8 Å². The van der Waals surface area contributed by atoms with E-state index in [1.807, 2.05) is 107 Å². The third-order valence-electron chi connectivity index (χ3n) is 12.2. The predicted octanol–water partition coefficient (Wildman–Crippen LogP) is 10.5. The van der Waals surface area contributed by atoms with Crippen molar-refractivity contribution in [3.05, 3.63) is 155 Å². The van der Waals surface area contributed by atoms with E-state index in [0.29, 0.717) is 72.5 Å². The van der Waals surface area contributed by atoms with Crippen molar-refractivity contribution >= 4 is 37.1 Å². The maximum atomic E-state index is 13.0. The van der Waals surface area contributed by atoms with Crippen molar-refractivity contribution in [2.45, 2.75) is 115 Å². The Morgan fingerprint density at radius 3 is 1.57 bits per heavy atom. The molecule has 0 spiro atoms. The molecule has 0 N–H and O–H groups in total. The summed E-state index contributed by atoms with van der Waals surface area (Å²) in [6.07, 6.45) is 5.24. The van der Waals surface area contributed by atoms with Crippen molar-refractivity contribution in [2.75, 3.05) is 55.2 Å². The Morgan fingerprint density at radius 1 is 0.600 bits per heavy atom. The summed E-state index contributed by atoms with van der Waals surface area (Å²) >= 11 is 0.0185. The first-order chi connectivity index (χ1) is 36.1. The van der Waals surface area contributed by atoms with E-state index in [1.54, 1.807) is 40.4 Å². The Bertz CT molecular complexity index is 2570. The Labute approximate surface area is 449 Å². The second-order valence-corrected chi connectivity index (χ2v) is 21.6. The van der Waals surface area contributed by atoms with Crippen LogP contribution in [0.2, 0.25) is 0 Å². The molecular weight excluding hydrogens is 1020 g/mol. The maximum absolute atomic E-state index is 13.0. The van der Waals surface area contributed by atoms with Gasteiger partial charge in [0.25, 0.3) is 0 Å². The summed E-state index contributed by atoms with van der Waals surface area (Å²) in [7, 11) is 6.28. The molecule has 0 bridgehead atoms. The first-order valence-corrected chi connectivity index (χ1v) is 27.0.